The van der Waals surface area contributed by atoms with E-state index in [1.165, 1.54) is 17.8 Å². The molecule has 1 N–H and O–H groups in total. The minimum absolute atomic E-state index is 0.167. The number of thiazole rings is 1. The van der Waals surface area contributed by atoms with Crippen molar-refractivity contribution in [2.45, 2.75) is 26.8 Å². The minimum atomic E-state index is -0.167. The van der Waals surface area contributed by atoms with E-state index in [0.717, 1.165) is 37.2 Å². The van der Waals surface area contributed by atoms with Gasteiger partial charge in [-0.3, -0.25) is 20.0 Å². The molecule has 1 fully saturated rings. The Bertz CT molecular complexity index is 648. The van der Waals surface area contributed by atoms with Crippen molar-refractivity contribution in [1.82, 2.24) is 14.9 Å². The summed E-state index contributed by atoms with van der Waals surface area (Å²) in [6.07, 6.45) is 4.51. The molecule has 0 spiro atoms. The molecule has 0 aromatic carbocycles. The molecule has 2 atom stereocenters. The number of anilines is 1. The topological polar surface area (TPSA) is 58.1 Å². The first-order valence-corrected chi connectivity index (χ1v) is 8.86. The Morgan fingerprint density at radius 1 is 1.39 bits per heavy atom. The summed E-state index contributed by atoms with van der Waals surface area (Å²) in [5.74, 6) is 1.31. The zero-order valence-electron chi connectivity index (χ0n) is 13.5. The molecule has 1 saturated heterocycles. The van der Waals surface area contributed by atoms with Crippen LogP contribution in [0, 0.1) is 11.8 Å². The number of aromatic nitrogens is 2. The summed E-state index contributed by atoms with van der Waals surface area (Å²) < 4.78 is 0. The van der Waals surface area contributed by atoms with Crippen LogP contribution in [0.1, 0.15) is 36.3 Å². The fraction of sp³-hybridized carbons (Fsp3) is 0.471. The van der Waals surface area contributed by atoms with Crippen molar-refractivity contribution in [2.24, 2.45) is 11.8 Å². The van der Waals surface area contributed by atoms with Gasteiger partial charge in [-0.25, -0.2) is 4.98 Å². The van der Waals surface area contributed by atoms with E-state index < -0.39 is 0 Å². The molecule has 0 saturated carbocycles. The van der Waals surface area contributed by atoms with E-state index in [1.54, 1.807) is 24.5 Å². The monoisotopic (exact) mass is 330 g/mol. The molecule has 1 aliphatic heterocycles. The molecular formula is C17H22N4OS. The van der Waals surface area contributed by atoms with Gasteiger partial charge in [-0.2, -0.15) is 0 Å². The predicted molar refractivity (Wildman–Crippen MR) is 92.5 cm³/mol. The van der Waals surface area contributed by atoms with Gasteiger partial charge >= 0.3 is 0 Å². The lowest BCUT2D eigenvalue weighted by Gasteiger charge is -2.34. The third-order valence-electron chi connectivity index (χ3n) is 4.03. The van der Waals surface area contributed by atoms with Gasteiger partial charge in [0.25, 0.3) is 5.91 Å². The Kier molecular flexibility index (Phi) is 5.03. The van der Waals surface area contributed by atoms with E-state index in [2.05, 4.69) is 34.0 Å². The summed E-state index contributed by atoms with van der Waals surface area (Å²) in [6.45, 7) is 7.72. The van der Waals surface area contributed by atoms with Crippen LogP contribution in [-0.4, -0.2) is 33.9 Å². The quantitative estimate of drug-likeness (QED) is 0.935. The number of rotatable bonds is 4. The number of nitrogens with zero attached hydrogens (tertiary/aromatic N) is 3. The maximum Gasteiger partial charge on any atom is 0.259 e. The van der Waals surface area contributed by atoms with Crippen LogP contribution >= 0.6 is 11.3 Å². The summed E-state index contributed by atoms with van der Waals surface area (Å²) >= 11 is 1.47. The lowest BCUT2D eigenvalue weighted by molar-refractivity contribution is 0.102. The molecule has 122 valence electrons. The highest BCUT2D eigenvalue weighted by Crippen LogP contribution is 2.24. The van der Waals surface area contributed by atoms with E-state index in [-0.39, 0.29) is 5.91 Å². The van der Waals surface area contributed by atoms with Crippen molar-refractivity contribution >= 4 is 22.4 Å². The number of carbonyl (C=O) groups excluding carboxylic acids is 1. The summed E-state index contributed by atoms with van der Waals surface area (Å²) in [5, 5.41) is 5.52. The first-order chi connectivity index (χ1) is 11.1. The first kappa shape index (κ1) is 16.1. The maximum atomic E-state index is 12.1. The molecule has 1 amide bonds. The van der Waals surface area contributed by atoms with E-state index in [1.807, 2.05) is 5.38 Å². The lowest BCUT2D eigenvalue weighted by Crippen LogP contribution is -2.38. The number of carbonyl (C=O) groups is 1. The Hall–Kier alpha value is -1.79. The molecule has 6 heteroatoms. The Balaban J connectivity index is 1.59. The van der Waals surface area contributed by atoms with Gasteiger partial charge in [-0.1, -0.05) is 13.8 Å². The molecule has 23 heavy (non-hydrogen) atoms. The number of pyridine rings is 1. The molecule has 2 aromatic rings. The second-order valence-corrected chi connectivity index (χ2v) is 7.34. The van der Waals surface area contributed by atoms with Gasteiger partial charge in [0, 0.05) is 37.4 Å². The van der Waals surface area contributed by atoms with E-state index >= 15 is 0 Å². The number of piperidine rings is 1. The smallest absolute Gasteiger partial charge is 0.259 e. The van der Waals surface area contributed by atoms with Crippen molar-refractivity contribution < 1.29 is 4.79 Å². The van der Waals surface area contributed by atoms with E-state index in [9.17, 15) is 4.79 Å². The SMILES string of the molecule is CC1CC(C)CN(Cc2csc(NC(=O)c3cccnc3)n2)C1. The van der Waals surface area contributed by atoms with Crippen LogP contribution in [0.3, 0.4) is 0 Å². The van der Waals surface area contributed by atoms with Crippen LogP contribution in [0.25, 0.3) is 0 Å². The third kappa shape index (κ3) is 4.36. The van der Waals surface area contributed by atoms with Crippen LogP contribution in [0.4, 0.5) is 5.13 Å². The molecular weight excluding hydrogens is 308 g/mol. The van der Waals surface area contributed by atoms with Crippen LogP contribution < -0.4 is 5.32 Å². The lowest BCUT2D eigenvalue weighted by atomic mass is 9.92. The fourth-order valence-electron chi connectivity index (χ4n) is 3.25. The van der Waals surface area contributed by atoms with Crippen LogP contribution in [-0.2, 0) is 6.54 Å². The maximum absolute atomic E-state index is 12.1. The number of amides is 1. The molecule has 5 nitrogen and oxygen atoms in total. The molecule has 0 bridgehead atoms. The average molecular weight is 330 g/mol. The van der Waals surface area contributed by atoms with Crippen molar-refractivity contribution in [3.8, 4) is 0 Å². The molecule has 0 radical (unpaired) electrons. The third-order valence-corrected chi connectivity index (χ3v) is 4.83. The summed E-state index contributed by atoms with van der Waals surface area (Å²) in [6, 6.07) is 3.49. The largest absolute Gasteiger partial charge is 0.298 e. The van der Waals surface area contributed by atoms with Crippen LogP contribution in [0.15, 0.2) is 29.9 Å². The zero-order valence-corrected chi connectivity index (χ0v) is 14.3. The van der Waals surface area contributed by atoms with Crippen molar-refractivity contribution in [3.63, 3.8) is 0 Å². The van der Waals surface area contributed by atoms with Gasteiger partial charge in [-0.15, -0.1) is 11.3 Å². The zero-order chi connectivity index (χ0) is 16.2. The van der Waals surface area contributed by atoms with Gasteiger partial charge in [0.05, 0.1) is 11.3 Å². The first-order valence-electron chi connectivity index (χ1n) is 7.98. The van der Waals surface area contributed by atoms with Crippen molar-refractivity contribution in [1.29, 1.82) is 0 Å². The Labute approximate surface area is 140 Å². The minimum Gasteiger partial charge on any atom is -0.298 e. The van der Waals surface area contributed by atoms with Gasteiger partial charge in [0.1, 0.15) is 0 Å². The molecule has 1 aliphatic rings. The number of nitrogens with one attached hydrogen (secondary N) is 1. The second-order valence-electron chi connectivity index (χ2n) is 6.48. The predicted octanol–water partition coefficient (Wildman–Crippen LogP) is 3.27. The highest BCUT2D eigenvalue weighted by molar-refractivity contribution is 7.13. The molecule has 2 unspecified atom stereocenters. The normalized spacial score (nSPS) is 22.0. The van der Waals surface area contributed by atoms with Crippen LogP contribution in [0.5, 0.6) is 0 Å². The van der Waals surface area contributed by atoms with E-state index in [0.29, 0.717) is 10.7 Å². The van der Waals surface area contributed by atoms with Crippen molar-refractivity contribution in [3.05, 3.63) is 41.2 Å². The summed E-state index contributed by atoms with van der Waals surface area (Å²) in [5.41, 5.74) is 1.57. The van der Waals surface area contributed by atoms with Gasteiger partial charge < -0.3 is 0 Å². The second kappa shape index (κ2) is 7.19. The molecule has 3 rings (SSSR count). The Morgan fingerprint density at radius 2 is 2.17 bits per heavy atom. The number of hydrogen-bond acceptors (Lipinski definition) is 5. The summed E-state index contributed by atoms with van der Waals surface area (Å²) in [4.78, 5) is 23.1. The molecule has 0 aliphatic carbocycles. The average Bonchev–Trinajstić information content (AvgIpc) is 2.94. The Morgan fingerprint density at radius 3 is 2.87 bits per heavy atom. The molecule has 3 heterocycles. The fourth-order valence-corrected chi connectivity index (χ4v) is 3.95. The summed E-state index contributed by atoms with van der Waals surface area (Å²) in [7, 11) is 0. The van der Waals surface area contributed by atoms with Gasteiger partial charge in [0.15, 0.2) is 5.13 Å². The highest BCUT2D eigenvalue weighted by Gasteiger charge is 2.22. The highest BCUT2D eigenvalue weighted by atomic mass is 32.1. The molecule has 2 aromatic heterocycles. The number of hydrogen-bond donors (Lipinski definition) is 1. The standard InChI is InChI=1S/C17H22N4OS/c1-12-6-13(2)9-21(8-12)10-15-11-23-17(19-15)20-16(22)14-4-3-5-18-7-14/h3-5,7,11-13H,6,8-10H2,1-2H3,(H,19,20,22). The number of likely N-dealkylation sites (tertiary alicyclic amines) is 1. The van der Waals surface area contributed by atoms with Gasteiger partial charge in [-0.05, 0) is 30.4 Å². The van der Waals surface area contributed by atoms with Gasteiger partial charge in [0.2, 0.25) is 0 Å². The van der Waals surface area contributed by atoms with Crippen molar-refractivity contribution in [2.75, 3.05) is 18.4 Å². The van der Waals surface area contributed by atoms with Crippen LogP contribution in [0.2, 0.25) is 0 Å². The van der Waals surface area contributed by atoms with E-state index in [4.69, 9.17) is 0 Å².